The van der Waals surface area contributed by atoms with E-state index in [0.29, 0.717) is 5.13 Å². The summed E-state index contributed by atoms with van der Waals surface area (Å²) in [5.41, 5.74) is 0.0874. The van der Waals surface area contributed by atoms with Crippen molar-refractivity contribution in [3.8, 4) is 0 Å². The van der Waals surface area contributed by atoms with E-state index in [9.17, 15) is 4.79 Å². The van der Waals surface area contributed by atoms with Gasteiger partial charge in [0.2, 0.25) is 0 Å². The van der Waals surface area contributed by atoms with Crippen molar-refractivity contribution in [2.75, 3.05) is 5.32 Å². The second kappa shape index (κ2) is 4.78. The molecule has 7 heteroatoms. The molecule has 0 saturated carbocycles. The van der Waals surface area contributed by atoms with Gasteiger partial charge in [-0.05, 0) is 12.1 Å². The number of carbonyl (C=O) groups is 1. The smallest absolute Gasteiger partial charge is 0.277 e. The van der Waals surface area contributed by atoms with Gasteiger partial charge in [0, 0.05) is 11.6 Å². The van der Waals surface area contributed by atoms with Gasteiger partial charge < -0.3 is 0 Å². The van der Waals surface area contributed by atoms with Gasteiger partial charge >= 0.3 is 0 Å². The number of nitrogens with one attached hydrogen (secondary N) is 1. The summed E-state index contributed by atoms with van der Waals surface area (Å²) in [6.07, 6.45) is 1.59. The first-order valence-corrected chi connectivity index (χ1v) is 5.83. The van der Waals surface area contributed by atoms with Crippen molar-refractivity contribution in [3.63, 3.8) is 0 Å². The van der Waals surface area contributed by atoms with Gasteiger partial charge in [-0.15, -0.1) is 11.3 Å². The Bertz CT molecular complexity index is 515. The Kier molecular flexibility index (Phi) is 3.38. The molecule has 0 bridgehead atoms. The number of anilines is 1. The predicted octanol–water partition coefficient (Wildman–Crippen LogP) is 3.10. The van der Waals surface area contributed by atoms with E-state index in [0.717, 1.165) is 0 Å². The SMILES string of the molecule is O=C(Nc1nccs1)c1nc(Cl)ccc1Cl. The van der Waals surface area contributed by atoms with Crippen LogP contribution in [0.3, 0.4) is 0 Å². The van der Waals surface area contributed by atoms with Crippen molar-refractivity contribution in [1.29, 1.82) is 0 Å². The third-order valence-corrected chi connectivity index (χ3v) is 2.88. The molecule has 0 spiro atoms. The lowest BCUT2D eigenvalue weighted by atomic mass is 10.3. The van der Waals surface area contributed by atoms with Gasteiger partial charge in [-0.25, -0.2) is 9.97 Å². The van der Waals surface area contributed by atoms with Crippen LogP contribution in [0.15, 0.2) is 23.7 Å². The van der Waals surface area contributed by atoms with Crippen LogP contribution in [0, 0.1) is 0 Å². The Hall–Kier alpha value is -1.17. The summed E-state index contributed by atoms with van der Waals surface area (Å²) < 4.78 is 0. The Morgan fingerprint density at radius 3 is 2.88 bits per heavy atom. The number of rotatable bonds is 2. The van der Waals surface area contributed by atoms with Crippen LogP contribution >= 0.6 is 34.5 Å². The number of thiazole rings is 1. The molecule has 0 aliphatic heterocycles. The van der Waals surface area contributed by atoms with Crippen LogP contribution in [0.4, 0.5) is 5.13 Å². The highest BCUT2D eigenvalue weighted by molar-refractivity contribution is 7.13. The number of nitrogens with zero attached hydrogens (tertiary/aromatic N) is 2. The van der Waals surface area contributed by atoms with E-state index in [1.807, 2.05) is 0 Å². The third kappa shape index (κ3) is 2.49. The summed E-state index contributed by atoms with van der Waals surface area (Å²) in [6.45, 7) is 0. The summed E-state index contributed by atoms with van der Waals surface area (Å²) in [7, 11) is 0. The number of halogens is 2. The number of carbonyl (C=O) groups excluding carboxylic acids is 1. The zero-order valence-corrected chi connectivity index (χ0v) is 10.1. The molecule has 0 radical (unpaired) electrons. The highest BCUT2D eigenvalue weighted by Crippen LogP contribution is 2.19. The third-order valence-electron chi connectivity index (χ3n) is 1.68. The highest BCUT2D eigenvalue weighted by Gasteiger charge is 2.13. The molecule has 2 heterocycles. The van der Waals surface area contributed by atoms with Crippen molar-refractivity contribution in [1.82, 2.24) is 9.97 Å². The van der Waals surface area contributed by atoms with E-state index in [-0.39, 0.29) is 15.9 Å². The quantitative estimate of drug-likeness (QED) is 0.856. The highest BCUT2D eigenvalue weighted by atomic mass is 35.5. The lowest BCUT2D eigenvalue weighted by Gasteiger charge is -2.03. The van der Waals surface area contributed by atoms with Crippen molar-refractivity contribution in [2.45, 2.75) is 0 Å². The Labute approximate surface area is 105 Å². The molecular weight excluding hydrogens is 269 g/mol. The Morgan fingerprint density at radius 1 is 1.38 bits per heavy atom. The molecule has 0 aliphatic carbocycles. The molecular formula is C9H5Cl2N3OS. The van der Waals surface area contributed by atoms with E-state index in [1.165, 1.54) is 23.5 Å². The molecule has 0 atom stereocenters. The van der Waals surface area contributed by atoms with Gasteiger partial charge in [0.15, 0.2) is 5.13 Å². The van der Waals surface area contributed by atoms with Crippen molar-refractivity contribution in [3.05, 3.63) is 39.6 Å². The van der Waals surface area contributed by atoms with Gasteiger partial charge in [0.05, 0.1) is 5.02 Å². The van der Waals surface area contributed by atoms with Crippen LogP contribution in [-0.4, -0.2) is 15.9 Å². The zero-order valence-electron chi connectivity index (χ0n) is 7.78. The van der Waals surface area contributed by atoms with Crippen molar-refractivity contribution in [2.24, 2.45) is 0 Å². The maximum absolute atomic E-state index is 11.7. The second-order valence-corrected chi connectivity index (χ2v) is 4.44. The average Bonchev–Trinajstić information content (AvgIpc) is 2.74. The van der Waals surface area contributed by atoms with Crippen LogP contribution in [0.2, 0.25) is 10.2 Å². The normalized spacial score (nSPS) is 10.1. The first-order valence-electron chi connectivity index (χ1n) is 4.19. The predicted molar refractivity (Wildman–Crippen MR) is 64.3 cm³/mol. The number of hydrogen-bond acceptors (Lipinski definition) is 4. The van der Waals surface area contributed by atoms with Crippen LogP contribution in [0.1, 0.15) is 10.5 Å². The van der Waals surface area contributed by atoms with E-state index in [1.54, 1.807) is 11.6 Å². The first kappa shape index (κ1) is 11.3. The minimum absolute atomic E-state index is 0.0874. The summed E-state index contributed by atoms with van der Waals surface area (Å²) in [5, 5.41) is 5.28. The standard InChI is InChI=1S/C9H5Cl2N3OS/c10-5-1-2-6(11)13-7(5)8(15)14-9-12-3-4-16-9/h1-4H,(H,12,14,15). The molecule has 0 saturated heterocycles. The molecule has 2 aromatic heterocycles. The minimum atomic E-state index is -0.428. The fourth-order valence-electron chi connectivity index (χ4n) is 1.02. The minimum Gasteiger partial charge on any atom is -0.296 e. The monoisotopic (exact) mass is 273 g/mol. The average molecular weight is 274 g/mol. The summed E-state index contributed by atoms with van der Waals surface area (Å²) in [5.74, 6) is -0.428. The number of amides is 1. The molecule has 1 N–H and O–H groups in total. The molecule has 2 rings (SSSR count). The molecule has 82 valence electrons. The summed E-state index contributed by atoms with van der Waals surface area (Å²) in [6, 6.07) is 3.04. The maximum atomic E-state index is 11.7. The first-order chi connectivity index (χ1) is 7.66. The van der Waals surface area contributed by atoms with Crippen LogP contribution in [0.5, 0.6) is 0 Å². The van der Waals surface area contributed by atoms with E-state index >= 15 is 0 Å². The molecule has 1 amide bonds. The maximum Gasteiger partial charge on any atom is 0.277 e. The number of pyridine rings is 1. The van der Waals surface area contributed by atoms with Gasteiger partial charge in [-0.3, -0.25) is 10.1 Å². The molecule has 2 aromatic rings. The lowest BCUT2D eigenvalue weighted by molar-refractivity contribution is 0.102. The fraction of sp³-hybridized carbons (Fsp3) is 0. The van der Waals surface area contributed by atoms with Gasteiger partial charge in [-0.2, -0.15) is 0 Å². The van der Waals surface area contributed by atoms with Crippen molar-refractivity contribution >= 4 is 45.6 Å². The van der Waals surface area contributed by atoms with Gasteiger partial charge in [0.25, 0.3) is 5.91 Å². The largest absolute Gasteiger partial charge is 0.296 e. The summed E-state index contributed by atoms with van der Waals surface area (Å²) >= 11 is 12.8. The van der Waals surface area contributed by atoms with Gasteiger partial charge in [-0.1, -0.05) is 23.2 Å². The molecule has 16 heavy (non-hydrogen) atoms. The summed E-state index contributed by atoms with van der Waals surface area (Å²) in [4.78, 5) is 19.5. The van der Waals surface area contributed by atoms with Crippen LogP contribution in [0.25, 0.3) is 0 Å². The molecule has 4 nitrogen and oxygen atoms in total. The van der Waals surface area contributed by atoms with E-state index in [2.05, 4.69) is 15.3 Å². The molecule has 0 aromatic carbocycles. The van der Waals surface area contributed by atoms with E-state index < -0.39 is 5.91 Å². The lowest BCUT2D eigenvalue weighted by Crippen LogP contribution is -2.14. The zero-order chi connectivity index (χ0) is 11.5. The van der Waals surface area contributed by atoms with E-state index in [4.69, 9.17) is 23.2 Å². The molecule has 0 aliphatic rings. The van der Waals surface area contributed by atoms with Crippen molar-refractivity contribution < 1.29 is 4.79 Å². The second-order valence-electron chi connectivity index (χ2n) is 2.76. The molecule has 0 fully saturated rings. The fourth-order valence-corrected chi connectivity index (χ4v) is 1.88. The van der Waals surface area contributed by atoms with Crippen LogP contribution in [-0.2, 0) is 0 Å². The topological polar surface area (TPSA) is 54.9 Å². The number of aromatic nitrogens is 2. The Morgan fingerprint density at radius 2 is 2.19 bits per heavy atom. The van der Waals surface area contributed by atoms with Gasteiger partial charge in [0.1, 0.15) is 10.8 Å². The number of hydrogen-bond donors (Lipinski definition) is 1. The Balaban J connectivity index is 2.24. The van der Waals surface area contributed by atoms with Crippen LogP contribution < -0.4 is 5.32 Å². The molecule has 0 unspecified atom stereocenters.